The monoisotopic (exact) mass is 596 g/mol. The van der Waals surface area contributed by atoms with E-state index in [0.29, 0.717) is 18.4 Å². The molecule has 0 fully saturated rings. The number of hydrogen-bond donors (Lipinski definition) is 1. The maximum atomic E-state index is 13.2. The van der Waals surface area contributed by atoms with Gasteiger partial charge in [0.1, 0.15) is 0 Å². The fraction of sp³-hybridized carbons (Fsp3) is 0.323. The second kappa shape index (κ2) is 18.0. The minimum atomic E-state index is -5.73. The van der Waals surface area contributed by atoms with Crippen molar-refractivity contribution in [2.45, 2.75) is 55.9 Å². The van der Waals surface area contributed by atoms with Crippen LogP contribution in [0.3, 0.4) is 0 Å². The first kappa shape index (κ1) is 37.4. The van der Waals surface area contributed by atoms with Crippen molar-refractivity contribution in [2.24, 2.45) is 5.73 Å². The largest absolute Gasteiger partial charge is 0.419 e. The molecule has 0 atom stereocenters. The third kappa shape index (κ3) is 10.1. The molecular formula is C31H34F6N2OS. The number of halogens is 6. The summed E-state index contributed by atoms with van der Waals surface area (Å²) < 4.78 is 79.5. The van der Waals surface area contributed by atoms with Crippen molar-refractivity contribution in [2.75, 3.05) is 17.2 Å². The van der Waals surface area contributed by atoms with Gasteiger partial charge in [-0.05, 0) is 36.1 Å². The van der Waals surface area contributed by atoms with E-state index in [-0.39, 0.29) is 22.9 Å². The number of rotatable bonds is 3. The highest BCUT2D eigenvalue weighted by Gasteiger charge is 2.69. The van der Waals surface area contributed by atoms with Crippen molar-refractivity contribution in [3.8, 4) is 25.7 Å². The summed E-state index contributed by atoms with van der Waals surface area (Å²) in [5.41, 5.74) is 0.288. The molecule has 2 N–H and O–H groups in total. The van der Waals surface area contributed by atoms with Crippen LogP contribution in [0.25, 0.3) is 0 Å². The molecule has 0 radical (unpaired) electrons. The van der Waals surface area contributed by atoms with Gasteiger partial charge in [-0.2, -0.15) is 26.3 Å². The Hall–Kier alpha value is -3.60. The summed E-state index contributed by atoms with van der Waals surface area (Å²) in [6.45, 7) is 4.30. The van der Waals surface area contributed by atoms with Gasteiger partial charge >= 0.3 is 12.4 Å². The van der Waals surface area contributed by atoms with Crippen LogP contribution in [0.4, 0.5) is 32.0 Å². The summed E-state index contributed by atoms with van der Waals surface area (Å²) in [6.07, 6.45) is 15.6. The fourth-order valence-electron chi connectivity index (χ4n) is 3.62. The Morgan fingerprint density at radius 1 is 0.878 bits per heavy atom. The van der Waals surface area contributed by atoms with Gasteiger partial charge in [-0.3, -0.25) is 4.79 Å². The molecule has 2 aliphatic rings. The molecule has 1 aliphatic heterocycles. The maximum Gasteiger partial charge on any atom is 0.419 e. The summed E-state index contributed by atoms with van der Waals surface area (Å²) in [5.74, 6) is 0.0446. The first-order chi connectivity index (χ1) is 19.4. The molecule has 0 aromatic heterocycles. The number of thioether (sulfide) groups is 1. The molecular weight excluding hydrogens is 562 g/mol. The number of benzene rings is 2. The third-order valence-electron chi connectivity index (χ3n) is 5.56. The molecule has 10 heteroatoms. The van der Waals surface area contributed by atoms with Crippen molar-refractivity contribution < 1.29 is 31.1 Å². The van der Waals surface area contributed by atoms with E-state index in [4.69, 9.17) is 5.73 Å². The summed E-state index contributed by atoms with van der Waals surface area (Å²) >= 11 is 1.08. The number of terminal acetylenes is 2. The van der Waals surface area contributed by atoms with E-state index in [9.17, 15) is 31.1 Å². The van der Waals surface area contributed by atoms with Crippen LogP contribution in [0.2, 0.25) is 0 Å². The quantitative estimate of drug-likeness (QED) is 0.288. The smallest absolute Gasteiger partial charge is 0.310 e. The van der Waals surface area contributed by atoms with Gasteiger partial charge in [-0.25, -0.2) is 0 Å². The zero-order valence-corrected chi connectivity index (χ0v) is 23.7. The topological polar surface area (TPSA) is 46.3 Å². The van der Waals surface area contributed by atoms with Crippen molar-refractivity contribution in [3.63, 3.8) is 0 Å². The lowest BCUT2D eigenvalue weighted by Crippen LogP contribution is -2.60. The number of carbonyl (C=O) groups excluding carboxylic acids is 1. The molecule has 0 saturated carbocycles. The molecule has 1 aliphatic carbocycles. The Balaban J connectivity index is 0.00000113. The average Bonchev–Trinajstić information content (AvgIpc) is 2.99. The average molecular weight is 597 g/mol. The van der Waals surface area contributed by atoms with Gasteiger partial charge < -0.3 is 10.6 Å². The standard InChI is InChI=1S/C19H16F6N2OS.C6H8.C2H6.2C2H2/c20-18(21,22)17(26,19(23,24)25)13-6-7-14-15(11-13)29-9-8-27(14)16(28)10-12-4-2-1-3-5-12;1-2-4-6-5-3-1;3*1-2/h1-7,11H,8-10,26H2;1-4H,5-6H2;1-2H3;2*1-2H. The highest BCUT2D eigenvalue weighted by atomic mass is 32.2. The summed E-state index contributed by atoms with van der Waals surface area (Å²) in [7, 11) is 0. The number of fused-ring (bicyclic) bond motifs is 1. The summed E-state index contributed by atoms with van der Waals surface area (Å²) in [5, 5.41) is 0. The van der Waals surface area contributed by atoms with E-state index in [1.54, 1.807) is 30.3 Å². The third-order valence-corrected chi connectivity index (χ3v) is 6.58. The van der Waals surface area contributed by atoms with Crippen LogP contribution in [0.5, 0.6) is 0 Å². The molecule has 0 spiro atoms. The second-order valence-corrected chi connectivity index (χ2v) is 9.11. The van der Waals surface area contributed by atoms with E-state index < -0.39 is 23.5 Å². The molecule has 4 rings (SSSR count). The molecule has 41 heavy (non-hydrogen) atoms. The lowest BCUT2D eigenvalue weighted by Gasteiger charge is -2.35. The van der Waals surface area contributed by atoms with Crippen LogP contribution >= 0.6 is 11.8 Å². The van der Waals surface area contributed by atoms with E-state index in [1.165, 1.54) is 17.7 Å². The zero-order valence-electron chi connectivity index (χ0n) is 22.9. The lowest BCUT2D eigenvalue weighted by atomic mass is 9.89. The molecule has 0 saturated heterocycles. The van der Waals surface area contributed by atoms with Gasteiger partial charge in [-0.1, -0.05) is 74.5 Å². The number of carbonyl (C=O) groups is 1. The van der Waals surface area contributed by atoms with E-state index in [2.05, 4.69) is 50.0 Å². The minimum absolute atomic E-state index is 0.0681. The van der Waals surface area contributed by atoms with E-state index >= 15 is 0 Å². The van der Waals surface area contributed by atoms with Gasteiger partial charge in [0.25, 0.3) is 0 Å². The first-order valence-corrected chi connectivity index (χ1v) is 13.5. The molecule has 222 valence electrons. The highest BCUT2D eigenvalue weighted by molar-refractivity contribution is 7.99. The Bertz CT molecular complexity index is 1140. The number of alkyl halides is 6. The predicted octanol–water partition coefficient (Wildman–Crippen LogP) is 8.06. The van der Waals surface area contributed by atoms with Crippen molar-refractivity contribution >= 4 is 23.4 Å². The normalized spacial score (nSPS) is 13.7. The Morgan fingerprint density at radius 3 is 1.83 bits per heavy atom. The molecule has 2 aromatic rings. The van der Waals surface area contributed by atoms with E-state index in [0.717, 1.165) is 29.5 Å². The van der Waals surface area contributed by atoms with Gasteiger partial charge in [-0.15, -0.1) is 37.5 Å². The summed E-state index contributed by atoms with van der Waals surface area (Å²) in [4.78, 5) is 14.2. The van der Waals surface area contributed by atoms with Crippen LogP contribution in [0.1, 0.15) is 37.8 Å². The van der Waals surface area contributed by atoms with Crippen LogP contribution in [-0.4, -0.2) is 30.6 Å². The highest BCUT2D eigenvalue weighted by Crippen LogP contribution is 2.49. The molecule has 1 amide bonds. The second-order valence-electron chi connectivity index (χ2n) is 7.98. The lowest BCUT2D eigenvalue weighted by molar-refractivity contribution is -0.301. The Kier molecular flexibility index (Phi) is 16.4. The molecule has 1 heterocycles. The first-order valence-electron chi connectivity index (χ1n) is 12.5. The summed E-state index contributed by atoms with van der Waals surface area (Å²) in [6, 6.07) is 11.4. The van der Waals surface area contributed by atoms with Crippen LogP contribution < -0.4 is 10.6 Å². The van der Waals surface area contributed by atoms with Crippen LogP contribution in [-0.2, 0) is 16.8 Å². The fourth-order valence-corrected chi connectivity index (χ4v) is 4.65. The van der Waals surface area contributed by atoms with Crippen LogP contribution in [0.15, 0.2) is 77.7 Å². The van der Waals surface area contributed by atoms with Crippen molar-refractivity contribution in [1.82, 2.24) is 0 Å². The van der Waals surface area contributed by atoms with Crippen molar-refractivity contribution in [1.29, 1.82) is 0 Å². The van der Waals surface area contributed by atoms with Crippen molar-refractivity contribution in [3.05, 3.63) is 84.0 Å². The molecule has 3 nitrogen and oxygen atoms in total. The number of hydrogen-bond acceptors (Lipinski definition) is 3. The number of nitrogens with two attached hydrogens (primary N) is 1. The number of nitrogens with zero attached hydrogens (tertiary/aromatic N) is 1. The van der Waals surface area contributed by atoms with E-state index in [1.807, 2.05) is 13.8 Å². The van der Waals surface area contributed by atoms with Gasteiger partial charge in [0.2, 0.25) is 11.4 Å². The SMILES string of the molecule is C#C.C#C.C1=CCCC=C1.CC.NC(c1ccc2c(c1)SCCN2C(=O)Cc1ccccc1)(C(F)(F)F)C(F)(F)F. The number of amides is 1. The minimum Gasteiger partial charge on any atom is -0.310 e. The Labute approximate surface area is 242 Å². The number of anilines is 1. The Morgan fingerprint density at radius 2 is 1.39 bits per heavy atom. The van der Waals surface area contributed by atoms with Gasteiger partial charge in [0.05, 0.1) is 12.1 Å². The predicted molar refractivity (Wildman–Crippen MR) is 156 cm³/mol. The van der Waals surface area contributed by atoms with Crippen LogP contribution in [0, 0.1) is 25.7 Å². The zero-order chi connectivity index (χ0) is 31.7. The number of allylic oxidation sites excluding steroid dienone is 4. The molecule has 2 aromatic carbocycles. The van der Waals surface area contributed by atoms with Gasteiger partial charge in [0.15, 0.2) is 0 Å². The molecule has 0 bridgehead atoms. The maximum absolute atomic E-state index is 13.2. The molecule has 0 unspecified atom stereocenters. The van der Waals surface area contributed by atoms with Gasteiger partial charge in [0, 0.05) is 17.2 Å².